The van der Waals surface area contributed by atoms with Crippen molar-refractivity contribution in [3.05, 3.63) is 12.0 Å². The van der Waals surface area contributed by atoms with Crippen LogP contribution < -0.4 is 5.73 Å². The molecule has 3 aromatic heterocycles. The summed E-state index contributed by atoms with van der Waals surface area (Å²) in [7, 11) is 1.82. The normalized spacial score (nSPS) is 16.1. The molecule has 0 bridgehead atoms. The van der Waals surface area contributed by atoms with Crippen LogP contribution in [0.3, 0.4) is 0 Å². The van der Waals surface area contributed by atoms with Gasteiger partial charge in [-0.2, -0.15) is 14.7 Å². The molecule has 19 heavy (non-hydrogen) atoms. The summed E-state index contributed by atoms with van der Waals surface area (Å²) in [6.07, 6.45) is 5.38. The largest absolute Gasteiger partial charge is 0.383 e. The number of hydrogen-bond acceptors (Lipinski definition) is 6. The molecule has 3 heterocycles. The van der Waals surface area contributed by atoms with Crippen LogP contribution >= 0.6 is 11.3 Å². The van der Waals surface area contributed by atoms with Crippen molar-refractivity contribution in [3.63, 3.8) is 0 Å². The minimum absolute atomic E-state index is 0.510. The lowest BCUT2D eigenvalue weighted by Gasteiger charge is -2.22. The van der Waals surface area contributed by atoms with Crippen LogP contribution in [0.4, 0.5) is 5.82 Å². The molecule has 0 radical (unpaired) electrons. The fourth-order valence-corrected chi connectivity index (χ4v) is 3.14. The SMILES string of the molecule is Cn1ncc(-c2nn3c(C4CCC4)nnc3s2)c1N. The molecular formula is C11H13N7S. The van der Waals surface area contributed by atoms with Crippen LogP contribution in [0.5, 0.6) is 0 Å². The summed E-state index contributed by atoms with van der Waals surface area (Å²) < 4.78 is 3.50. The van der Waals surface area contributed by atoms with Gasteiger partial charge < -0.3 is 5.73 Å². The lowest BCUT2D eigenvalue weighted by molar-refractivity contribution is 0.395. The smallest absolute Gasteiger partial charge is 0.234 e. The van der Waals surface area contributed by atoms with Crippen LogP contribution in [0.25, 0.3) is 15.5 Å². The van der Waals surface area contributed by atoms with Crippen molar-refractivity contribution < 1.29 is 0 Å². The maximum Gasteiger partial charge on any atom is 0.234 e. The number of aromatic nitrogens is 6. The van der Waals surface area contributed by atoms with Gasteiger partial charge >= 0.3 is 0 Å². The Kier molecular flexibility index (Phi) is 2.16. The monoisotopic (exact) mass is 275 g/mol. The molecule has 0 atom stereocenters. The summed E-state index contributed by atoms with van der Waals surface area (Å²) in [5, 5.41) is 18.0. The summed E-state index contributed by atoms with van der Waals surface area (Å²) in [6.45, 7) is 0. The van der Waals surface area contributed by atoms with Crippen molar-refractivity contribution in [1.82, 2.24) is 29.6 Å². The Hall–Kier alpha value is -1.96. The molecule has 8 heteroatoms. The van der Waals surface area contributed by atoms with Gasteiger partial charge in [-0.15, -0.1) is 10.2 Å². The number of nitrogens with two attached hydrogens (primary N) is 1. The maximum absolute atomic E-state index is 5.98. The van der Waals surface area contributed by atoms with Crippen molar-refractivity contribution in [1.29, 1.82) is 0 Å². The van der Waals surface area contributed by atoms with Crippen LogP contribution in [0.1, 0.15) is 31.0 Å². The molecule has 2 N–H and O–H groups in total. The van der Waals surface area contributed by atoms with Crippen molar-refractivity contribution in [3.8, 4) is 10.6 Å². The highest BCUT2D eigenvalue weighted by Crippen LogP contribution is 2.37. The van der Waals surface area contributed by atoms with E-state index in [2.05, 4.69) is 20.4 Å². The summed E-state index contributed by atoms with van der Waals surface area (Å²) >= 11 is 1.50. The summed E-state index contributed by atoms with van der Waals surface area (Å²) in [6, 6.07) is 0. The first kappa shape index (κ1) is 10.9. The van der Waals surface area contributed by atoms with E-state index in [1.807, 2.05) is 11.6 Å². The van der Waals surface area contributed by atoms with Gasteiger partial charge in [0.1, 0.15) is 5.82 Å². The minimum atomic E-state index is 0.510. The van der Waals surface area contributed by atoms with E-state index in [4.69, 9.17) is 5.73 Å². The molecule has 1 fully saturated rings. The van der Waals surface area contributed by atoms with Crippen LogP contribution in [0, 0.1) is 0 Å². The summed E-state index contributed by atoms with van der Waals surface area (Å²) in [5.41, 5.74) is 6.84. The Bertz CT molecular complexity index is 748. The molecule has 7 nitrogen and oxygen atoms in total. The van der Waals surface area contributed by atoms with E-state index < -0.39 is 0 Å². The Morgan fingerprint density at radius 2 is 2.21 bits per heavy atom. The van der Waals surface area contributed by atoms with Crippen molar-refractivity contribution in [2.45, 2.75) is 25.2 Å². The molecule has 98 valence electrons. The fraction of sp³-hybridized carbons (Fsp3) is 0.455. The van der Waals surface area contributed by atoms with E-state index in [9.17, 15) is 0 Å². The quantitative estimate of drug-likeness (QED) is 0.764. The van der Waals surface area contributed by atoms with Crippen molar-refractivity contribution >= 4 is 22.1 Å². The van der Waals surface area contributed by atoms with Crippen molar-refractivity contribution in [2.24, 2.45) is 7.05 Å². The zero-order valence-electron chi connectivity index (χ0n) is 10.4. The molecular weight excluding hydrogens is 262 g/mol. The average molecular weight is 275 g/mol. The van der Waals surface area contributed by atoms with Gasteiger partial charge in [-0.1, -0.05) is 17.8 Å². The number of fused-ring (bicyclic) bond motifs is 1. The van der Waals surface area contributed by atoms with Gasteiger partial charge in [0.2, 0.25) is 4.96 Å². The molecule has 0 spiro atoms. The second kappa shape index (κ2) is 3.77. The summed E-state index contributed by atoms with van der Waals surface area (Å²) in [5.74, 6) is 2.11. The highest BCUT2D eigenvalue weighted by molar-refractivity contribution is 7.19. The number of aryl methyl sites for hydroxylation is 1. The van der Waals surface area contributed by atoms with Gasteiger partial charge in [-0.25, -0.2) is 0 Å². The van der Waals surface area contributed by atoms with Gasteiger partial charge in [-0.05, 0) is 12.8 Å². The molecule has 0 saturated heterocycles. The number of hydrogen-bond donors (Lipinski definition) is 1. The van der Waals surface area contributed by atoms with Crippen molar-refractivity contribution in [2.75, 3.05) is 5.73 Å². The minimum Gasteiger partial charge on any atom is -0.383 e. The number of anilines is 1. The number of rotatable bonds is 2. The Morgan fingerprint density at radius 1 is 1.37 bits per heavy atom. The average Bonchev–Trinajstić information content (AvgIpc) is 2.96. The Morgan fingerprint density at radius 3 is 2.84 bits per heavy atom. The molecule has 4 rings (SSSR count). The van der Waals surface area contributed by atoms with Crippen LogP contribution in [0.2, 0.25) is 0 Å². The molecule has 1 saturated carbocycles. The lowest BCUT2D eigenvalue weighted by atomic mass is 9.85. The number of nitrogens with zero attached hydrogens (tertiary/aromatic N) is 6. The highest BCUT2D eigenvalue weighted by atomic mass is 32.1. The van der Waals surface area contributed by atoms with Gasteiger partial charge in [0.25, 0.3) is 0 Å². The first-order valence-corrected chi connectivity index (χ1v) is 7.05. The Labute approximate surface area is 113 Å². The maximum atomic E-state index is 5.98. The third-order valence-corrected chi connectivity index (χ3v) is 4.63. The molecule has 0 unspecified atom stereocenters. The van der Waals surface area contributed by atoms with E-state index in [0.29, 0.717) is 11.7 Å². The topological polar surface area (TPSA) is 86.9 Å². The van der Waals surface area contributed by atoms with E-state index in [1.54, 1.807) is 10.9 Å². The van der Waals surface area contributed by atoms with E-state index in [1.165, 1.54) is 30.6 Å². The zero-order valence-corrected chi connectivity index (χ0v) is 11.3. The van der Waals surface area contributed by atoms with E-state index >= 15 is 0 Å². The molecule has 0 amide bonds. The van der Waals surface area contributed by atoms with E-state index in [0.717, 1.165) is 21.4 Å². The van der Waals surface area contributed by atoms with Gasteiger partial charge in [-0.3, -0.25) is 4.68 Å². The first-order chi connectivity index (χ1) is 9.24. The third kappa shape index (κ3) is 1.49. The molecule has 1 aliphatic rings. The molecule has 1 aliphatic carbocycles. The predicted molar refractivity (Wildman–Crippen MR) is 71.9 cm³/mol. The molecule has 3 aromatic rings. The molecule has 0 aromatic carbocycles. The third-order valence-electron chi connectivity index (χ3n) is 3.70. The standard InChI is InChI=1S/C11H13N7S/c1-17-8(12)7(5-13-17)10-16-18-9(6-3-2-4-6)14-15-11(18)19-10/h5-6H,2-4,12H2,1H3. The fourth-order valence-electron chi connectivity index (χ4n) is 2.27. The first-order valence-electron chi connectivity index (χ1n) is 6.24. The Balaban J connectivity index is 1.83. The predicted octanol–water partition coefficient (Wildman–Crippen LogP) is 1.44. The van der Waals surface area contributed by atoms with Gasteiger partial charge in [0, 0.05) is 13.0 Å². The van der Waals surface area contributed by atoms with Crippen LogP contribution in [-0.4, -0.2) is 29.6 Å². The van der Waals surface area contributed by atoms with Crippen LogP contribution in [-0.2, 0) is 7.05 Å². The number of nitrogen functional groups attached to an aromatic ring is 1. The highest BCUT2D eigenvalue weighted by Gasteiger charge is 2.26. The molecule has 0 aliphatic heterocycles. The van der Waals surface area contributed by atoms with Gasteiger partial charge in [0.15, 0.2) is 10.8 Å². The second-order valence-corrected chi connectivity index (χ2v) is 5.81. The van der Waals surface area contributed by atoms with Crippen LogP contribution in [0.15, 0.2) is 6.20 Å². The second-order valence-electron chi connectivity index (χ2n) is 4.85. The zero-order chi connectivity index (χ0) is 13.0. The van der Waals surface area contributed by atoms with Gasteiger partial charge in [0.05, 0.1) is 11.8 Å². The summed E-state index contributed by atoms with van der Waals surface area (Å²) in [4.78, 5) is 0.820. The van der Waals surface area contributed by atoms with E-state index in [-0.39, 0.29) is 0 Å². The lowest BCUT2D eigenvalue weighted by Crippen LogP contribution is -2.13.